The van der Waals surface area contributed by atoms with Gasteiger partial charge in [-0.3, -0.25) is 0 Å². The van der Waals surface area contributed by atoms with Gasteiger partial charge >= 0.3 is 0 Å². The van der Waals surface area contributed by atoms with Gasteiger partial charge in [-0.2, -0.15) is 4.31 Å². The minimum absolute atomic E-state index is 0.328. The maximum Gasteiger partial charge on any atom is 0.243 e. The summed E-state index contributed by atoms with van der Waals surface area (Å²) >= 11 is 5.81. The third-order valence-electron chi connectivity index (χ3n) is 4.13. The molecule has 1 fully saturated rings. The quantitative estimate of drug-likeness (QED) is 0.901. The molecule has 0 amide bonds. The molecule has 1 aliphatic rings. The number of halogens is 1. The predicted octanol–water partition coefficient (Wildman–Crippen LogP) is 1.03. The SMILES string of the molecule is CC[C@H](C)[NH+]1CCN(S(=O)(=O)c2ccc(Cl)cc2)CC1. The molecule has 6 heteroatoms. The van der Waals surface area contributed by atoms with Gasteiger partial charge in [0.2, 0.25) is 10.0 Å². The van der Waals surface area contributed by atoms with Gasteiger partial charge in [0.15, 0.2) is 0 Å². The van der Waals surface area contributed by atoms with E-state index in [1.807, 2.05) is 0 Å². The summed E-state index contributed by atoms with van der Waals surface area (Å²) in [6.07, 6.45) is 1.12. The molecular formula is C14H22ClN2O2S+. The van der Waals surface area contributed by atoms with E-state index >= 15 is 0 Å². The minimum Gasteiger partial charge on any atom is -0.331 e. The molecule has 4 nitrogen and oxygen atoms in total. The van der Waals surface area contributed by atoms with Crippen LogP contribution in [0.25, 0.3) is 0 Å². The van der Waals surface area contributed by atoms with Crippen LogP contribution in [0.5, 0.6) is 0 Å². The average molecular weight is 318 g/mol. The molecule has 0 bridgehead atoms. The molecule has 0 aliphatic carbocycles. The molecule has 2 rings (SSSR count). The molecule has 1 N–H and O–H groups in total. The maximum absolute atomic E-state index is 12.5. The molecule has 1 atom stereocenters. The van der Waals surface area contributed by atoms with E-state index in [-0.39, 0.29) is 0 Å². The third kappa shape index (κ3) is 3.34. The highest BCUT2D eigenvalue weighted by atomic mass is 35.5. The van der Waals surface area contributed by atoms with Crippen LogP contribution < -0.4 is 4.90 Å². The van der Waals surface area contributed by atoms with Crippen molar-refractivity contribution in [1.82, 2.24) is 4.31 Å². The van der Waals surface area contributed by atoms with E-state index in [0.29, 0.717) is 29.0 Å². The highest BCUT2D eigenvalue weighted by molar-refractivity contribution is 7.89. The highest BCUT2D eigenvalue weighted by Gasteiger charge is 2.31. The van der Waals surface area contributed by atoms with Gasteiger partial charge in [-0.25, -0.2) is 8.42 Å². The number of benzene rings is 1. The third-order valence-corrected chi connectivity index (χ3v) is 6.29. The van der Waals surface area contributed by atoms with Gasteiger partial charge in [0, 0.05) is 5.02 Å². The molecule has 1 aliphatic heterocycles. The molecule has 0 aromatic heterocycles. The summed E-state index contributed by atoms with van der Waals surface area (Å²) in [6, 6.07) is 6.98. The first-order valence-electron chi connectivity index (χ1n) is 7.05. The van der Waals surface area contributed by atoms with Crippen molar-refractivity contribution in [2.75, 3.05) is 26.2 Å². The van der Waals surface area contributed by atoms with Crippen molar-refractivity contribution in [3.8, 4) is 0 Å². The van der Waals surface area contributed by atoms with Crippen molar-refractivity contribution < 1.29 is 13.3 Å². The first-order chi connectivity index (χ1) is 9.45. The normalized spacial score (nSPS) is 19.9. The number of hydrogen-bond donors (Lipinski definition) is 1. The number of rotatable bonds is 4. The van der Waals surface area contributed by atoms with Crippen molar-refractivity contribution >= 4 is 21.6 Å². The Balaban J connectivity index is 2.07. The minimum atomic E-state index is -3.37. The zero-order valence-electron chi connectivity index (χ0n) is 12.0. The van der Waals surface area contributed by atoms with Crippen LogP contribution >= 0.6 is 11.6 Å². The topological polar surface area (TPSA) is 41.8 Å². The average Bonchev–Trinajstić information content (AvgIpc) is 2.47. The lowest BCUT2D eigenvalue weighted by molar-refractivity contribution is -0.927. The zero-order chi connectivity index (χ0) is 14.8. The summed E-state index contributed by atoms with van der Waals surface area (Å²) in [5.74, 6) is 0. The fourth-order valence-corrected chi connectivity index (χ4v) is 4.12. The lowest BCUT2D eigenvalue weighted by Crippen LogP contribution is -3.17. The Morgan fingerprint density at radius 1 is 1.25 bits per heavy atom. The summed E-state index contributed by atoms with van der Waals surface area (Å²) in [5.41, 5.74) is 0. The predicted molar refractivity (Wildman–Crippen MR) is 80.7 cm³/mol. The number of piperazine rings is 1. The Kier molecular flexibility index (Phi) is 5.07. The Bertz CT molecular complexity index is 537. The number of quaternary nitrogens is 1. The van der Waals surface area contributed by atoms with Crippen LogP contribution in [0.3, 0.4) is 0 Å². The molecule has 1 aromatic rings. The van der Waals surface area contributed by atoms with Crippen LogP contribution in [-0.4, -0.2) is 44.9 Å². The van der Waals surface area contributed by atoms with Crippen LogP contribution in [-0.2, 0) is 10.0 Å². The smallest absolute Gasteiger partial charge is 0.243 e. The van der Waals surface area contributed by atoms with Crippen LogP contribution in [0.1, 0.15) is 20.3 Å². The van der Waals surface area contributed by atoms with Crippen LogP contribution in [0.2, 0.25) is 5.02 Å². The zero-order valence-corrected chi connectivity index (χ0v) is 13.5. The monoisotopic (exact) mass is 317 g/mol. The van der Waals surface area contributed by atoms with Crippen molar-refractivity contribution in [3.05, 3.63) is 29.3 Å². The van der Waals surface area contributed by atoms with E-state index in [4.69, 9.17) is 11.6 Å². The Morgan fingerprint density at radius 2 is 1.80 bits per heavy atom. The van der Waals surface area contributed by atoms with E-state index in [2.05, 4.69) is 13.8 Å². The van der Waals surface area contributed by atoms with E-state index < -0.39 is 10.0 Å². The second kappa shape index (κ2) is 6.43. The molecular weight excluding hydrogens is 296 g/mol. The van der Waals surface area contributed by atoms with Gasteiger partial charge in [0.25, 0.3) is 0 Å². The van der Waals surface area contributed by atoms with Crippen molar-refractivity contribution in [1.29, 1.82) is 0 Å². The molecule has 0 saturated carbocycles. The van der Waals surface area contributed by atoms with Gasteiger partial charge in [0.1, 0.15) is 0 Å². The van der Waals surface area contributed by atoms with E-state index in [9.17, 15) is 8.42 Å². The van der Waals surface area contributed by atoms with Gasteiger partial charge in [0.05, 0.1) is 37.1 Å². The van der Waals surface area contributed by atoms with E-state index in [1.54, 1.807) is 28.6 Å². The van der Waals surface area contributed by atoms with Crippen LogP contribution in [0, 0.1) is 0 Å². The fourth-order valence-electron chi connectivity index (χ4n) is 2.55. The molecule has 20 heavy (non-hydrogen) atoms. The summed E-state index contributed by atoms with van der Waals surface area (Å²) in [7, 11) is -3.37. The second-order valence-electron chi connectivity index (χ2n) is 5.33. The summed E-state index contributed by atoms with van der Waals surface area (Å²) in [6.45, 7) is 7.33. The fraction of sp³-hybridized carbons (Fsp3) is 0.571. The molecule has 0 unspecified atom stereocenters. The molecule has 0 radical (unpaired) electrons. The standard InChI is InChI=1S/C14H21ClN2O2S/c1-3-12(2)16-8-10-17(11-9-16)20(18,19)14-6-4-13(15)5-7-14/h4-7,12H,3,8-11H2,1-2H3/p+1/t12-/m0/s1. The Morgan fingerprint density at radius 3 is 2.30 bits per heavy atom. The molecule has 1 heterocycles. The lowest BCUT2D eigenvalue weighted by Gasteiger charge is -2.34. The van der Waals surface area contributed by atoms with Crippen molar-refractivity contribution in [2.45, 2.75) is 31.2 Å². The number of nitrogens with one attached hydrogen (secondary N) is 1. The second-order valence-corrected chi connectivity index (χ2v) is 7.70. The van der Waals surface area contributed by atoms with Crippen LogP contribution in [0.4, 0.5) is 0 Å². The Hall–Kier alpha value is -0.620. The number of sulfonamides is 1. The summed E-state index contributed by atoms with van der Waals surface area (Å²) in [5, 5.41) is 0.551. The van der Waals surface area contributed by atoms with Crippen LogP contribution in [0.15, 0.2) is 29.2 Å². The maximum atomic E-state index is 12.5. The largest absolute Gasteiger partial charge is 0.331 e. The van der Waals surface area contributed by atoms with E-state index in [0.717, 1.165) is 19.5 Å². The lowest BCUT2D eigenvalue weighted by atomic mass is 10.2. The molecule has 112 valence electrons. The van der Waals surface area contributed by atoms with E-state index in [1.165, 1.54) is 4.90 Å². The van der Waals surface area contributed by atoms with Gasteiger partial charge in [-0.05, 0) is 37.6 Å². The van der Waals surface area contributed by atoms with Gasteiger partial charge in [-0.1, -0.05) is 18.5 Å². The molecule has 0 spiro atoms. The molecule has 1 aromatic carbocycles. The van der Waals surface area contributed by atoms with Crippen molar-refractivity contribution in [3.63, 3.8) is 0 Å². The van der Waals surface area contributed by atoms with Crippen molar-refractivity contribution in [2.24, 2.45) is 0 Å². The first-order valence-corrected chi connectivity index (χ1v) is 8.87. The number of nitrogens with zero attached hydrogens (tertiary/aromatic N) is 1. The number of hydrogen-bond acceptors (Lipinski definition) is 2. The summed E-state index contributed by atoms with van der Waals surface area (Å²) in [4.78, 5) is 1.82. The highest BCUT2D eigenvalue weighted by Crippen LogP contribution is 2.18. The molecule has 1 saturated heterocycles. The van der Waals surface area contributed by atoms with Gasteiger partial charge < -0.3 is 4.90 Å². The van der Waals surface area contributed by atoms with Gasteiger partial charge in [-0.15, -0.1) is 0 Å². The Labute approximate surface area is 126 Å². The summed E-state index contributed by atoms with van der Waals surface area (Å²) < 4.78 is 26.6. The first kappa shape index (κ1) is 15.8.